The first-order chi connectivity index (χ1) is 9.08. The number of amides is 1. The Morgan fingerprint density at radius 3 is 2.55 bits per heavy atom. The van der Waals surface area contributed by atoms with Crippen LogP contribution in [0.25, 0.3) is 0 Å². The predicted octanol–water partition coefficient (Wildman–Crippen LogP) is 2.80. The maximum Gasteiger partial charge on any atom is 0.222 e. The van der Waals surface area contributed by atoms with Crippen LogP contribution in [0.3, 0.4) is 0 Å². The molecule has 0 saturated carbocycles. The van der Waals surface area contributed by atoms with Gasteiger partial charge in [-0.05, 0) is 17.9 Å². The molecule has 1 saturated heterocycles. The van der Waals surface area contributed by atoms with Crippen molar-refractivity contribution in [2.45, 2.75) is 38.6 Å². The molecule has 1 aliphatic rings. The summed E-state index contributed by atoms with van der Waals surface area (Å²) >= 11 is 0. The van der Waals surface area contributed by atoms with Gasteiger partial charge >= 0.3 is 0 Å². The number of benzene rings is 1. The van der Waals surface area contributed by atoms with Crippen LogP contribution in [0.1, 0.15) is 38.2 Å². The lowest BCUT2D eigenvalue weighted by Gasteiger charge is -2.17. The maximum absolute atomic E-state index is 12.1. The highest BCUT2D eigenvalue weighted by Gasteiger charge is 2.33. The van der Waals surface area contributed by atoms with Gasteiger partial charge in [-0.3, -0.25) is 4.79 Å². The Morgan fingerprint density at radius 2 is 1.95 bits per heavy atom. The van der Waals surface area contributed by atoms with Gasteiger partial charge in [0.25, 0.3) is 0 Å². The molecule has 0 unspecified atom stereocenters. The quantitative estimate of drug-likeness (QED) is 0.929. The number of halogens is 1. The van der Waals surface area contributed by atoms with Crippen LogP contribution in [0.15, 0.2) is 30.3 Å². The smallest absolute Gasteiger partial charge is 0.222 e. The van der Waals surface area contributed by atoms with Gasteiger partial charge in [-0.15, -0.1) is 12.4 Å². The summed E-state index contributed by atoms with van der Waals surface area (Å²) < 4.78 is 0. The van der Waals surface area contributed by atoms with E-state index < -0.39 is 0 Å². The van der Waals surface area contributed by atoms with Crippen LogP contribution in [0, 0.1) is 5.92 Å². The summed E-state index contributed by atoms with van der Waals surface area (Å²) in [6, 6.07) is 10.3. The third kappa shape index (κ3) is 4.22. The SMILES string of the molecule is CC(C)CCC(=O)N1C[C@@H](N)[C@H](c2ccccc2)C1.Cl. The normalized spacial score (nSPS) is 21.9. The van der Waals surface area contributed by atoms with Gasteiger partial charge in [-0.2, -0.15) is 0 Å². The molecule has 1 amide bonds. The van der Waals surface area contributed by atoms with Gasteiger partial charge in [0.2, 0.25) is 5.91 Å². The van der Waals surface area contributed by atoms with Crippen molar-refractivity contribution in [3.8, 4) is 0 Å². The summed E-state index contributed by atoms with van der Waals surface area (Å²) in [6.45, 7) is 5.75. The summed E-state index contributed by atoms with van der Waals surface area (Å²) in [5.41, 5.74) is 7.45. The minimum absolute atomic E-state index is 0. The summed E-state index contributed by atoms with van der Waals surface area (Å²) in [7, 11) is 0. The number of hydrogen-bond acceptors (Lipinski definition) is 2. The summed E-state index contributed by atoms with van der Waals surface area (Å²) in [6.07, 6.45) is 1.60. The number of likely N-dealkylation sites (tertiary alicyclic amines) is 1. The molecule has 112 valence electrons. The predicted molar refractivity (Wildman–Crippen MR) is 85.1 cm³/mol. The number of nitrogens with two attached hydrogens (primary N) is 1. The zero-order valence-electron chi connectivity index (χ0n) is 12.3. The molecule has 3 nitrogen and oxygen atoms in total. The molecule has 1 aliphatic heterocycles. The Labute approximate surface area is 127 Å². The van der Waals surface area contributed by atoms with Crippen molar-refractivity contribution in [1.82, 2.24) is 4.90 Å². The Morgan fingerprint density at radius 1 is 1.30 bits per heavy atom. The van der Waals surface area contributed by atoms with Crippen LogP contribution in [-0.4, -0.2) is 29.9 Å². The molecule has 20 heavy (non-hydrogen) atoms. The molecule has 1 fully saturated rings. The van der Waals surface area contributed by atoms with Crippen molar-refractivity contribution in [1.29, 1.82) is 0 Å². The second-order valence-corrected chi connectivity index (χ2v) is 5.91. The van der Waals surface area contributed by atoms with Crippen molar-refractivity contribution in [3.63, 3.8) is 0 Å². The third-order valence-corrected chi connectivity index (χ3v) is 3.88. The van der Waals surface area contributed by atoms with E-state index in [9.17, 15) is 4.79 Å². The molecule has 2 rings (SSSR count). The van der Waals surface area contributed by atoms with Crippen LogP contribution in [0.4, 0.5) is 0 Å². The molecule has 1 heterocycles. The minimum atomic E-state index is 0. The minimum Gasteiger partial charge on any atom is -0.340 e. The first-order valence-electron chi connectivity index (χ1n) is 7.16. The molecule has 0 spiro atoms. The Balaban J connectivity index is 0.00000200. The Bertz CT molecular complexity index is 422. The van der Waals surface area contributed by atoms with Gasteiger partial charge in [-0.25, -0.2) is 0 Å². The molecule has 1 aromatic rings. The summed E-state index contributed by atoms with van der Waals surface area (Å²) in [4.78, 5) is 14.1. The van der Waals surface area contributed by atoms with Crippen LogP contribution >= 0.6 is 12.4 Å². The Hall–Kier alpha value is -1.06. The van der Waals surface area contributed by atoms with E-state index >= 15 is 0 Å². The van der Waals surface area contributed by atoms with E-state index in [1.165, 1.54) is 5.56 Å². The van der Waals surface area contributed by atoms with Gasteiger partial charge in [-0.1, -0.05) is 44.2 Å². The molecule has 1 aromatic carbocycles. The largest absolute Gasteiger partial charge is 0.340 e. The molecular weight excluding hydrogens is 272 g/mol. The lowest BCUT2D eigenvalue weighted by Crippen LogP contribution is -2.32. The zero-order valence-corrected chi connectivity index (χ0v) is 13.1. The molecular formula is C16H25ClN2O. The average Bonchev–Trinajstić information content (AvgIpc) is 2.79. The highest BCUT2D eigenvalue weighted by Crippen LogP contribution is 2.27. The van der Waals surface area contributed by atoms with Crippen molar-refractivity contribution < 1.29 is 4.79 Å². The van der Waals surface area contributed by atoms with E-state index in [1.54, 1.807) is 0 Å². The molecule has 0 radical (unpaired) electrons. The molecule has 2 atom stereocenters. The fourth-order valence-electron chi connectivity index (χ4n) is 2.66. The van der Waals surface area contributed by atoms with Crippen LogP contribution < -0.4 is 5.73 Å². The van der Waals surface area contributed by atoms with E-state index in [0.29, 0.717) is 18.9 Å². The Kier molecular flexibility index (Phi) is 6.50. The lowest BCUT2D eigenvalue weighted by atomic mass is 9.95. The van der Waals surface area contributed by atoms with Crippen LogP contribution in [0.2, 0.25) is 0 Å². The monoisotopic (exact) mass is 296 g/mol. The van der Waals surface area contributed by atoms with E-state index in [-0.39, 0.29) is 30.3 Å². The topological polar surface area (TPSA) is 46.3 Å². The van der Waals surface area contributed by atoms with E-state index in [4.69, 9.17) is 5.73 Å². The van der Waals surface area contributed by atoms with E-state index in [0.717, 1.165) is 13.0 Å². The van der Waals surface area contributed by atoms with E-state index in [2.05, 4.69) is 26.0 Å². The van der Waals surface area contributed by atoms with Gasteiger partial charge in [0.15, 0.2) is 0 Å². The molecule has 0 bridgehead atoms. The number of carbonyl (C=O) groups is 1. The highest BCUT2D eigenvalue weighted by atomic mass is 35.5. The summed E-state index contributed by atoms with van der Waals surface area (Å²) in [5, 5.41) is 0. The first kappa shape index (κ1) is 17.0. The fourth-order valence-corrected chi connectivity index (χ4v) is 2.66. The first-order valence-corrected chi connectivity index (χ1v) is 7.16. The van der Waals surface area contributed by atoms with Gasteiger partial charge in [0, 0.05) is 31.5 Å². The maximum atomic E-state index is 12.1. The van der Waals surface area contributed by atoms with Gasteiger partial charge < -0.3 is 10.6 Å². The fraction of sp³-hybridized carbons (Fsp3) is 0.562. The van der Waals surface area contributed by atoms with Gasteiger partial charge in [0.05, 0.1) is 0 Å². The lowest BCUT2D eigenvalue weighted by molar-refractivity contribution is -0.130. The van der Waals surface area contributed by atoms with Gasteiger partial charge in [0.1, 0.15) is 0 Å². The third-order valence-electron chi connectivity index (χ3n) is 3.88. The van der Waals surface area contributed by atoms with Crippen molar-refractivity contribution in [2.24, 2.45) is 11.7 Å². The standard InChI is InChI=1S/C16H24N2O.ClH/c1-12(2)8-9-16(19)18-10-14(15(17)11-18)13-6-4-3-5-7-13;/h3-7,12,14-15H,8-11,17H2,1-2H3;1H/t14-,15+;/m0./s1. The average molecular weight is 297 g/mol. The molecule has 4 heteroatoms. The molecule has 0 aliphatic carbocycles. The van der Waals surface area contributed by atoms with Crippen molar-refractivity contribution in [3.05, 3.63) is 35.9 Å². The molecule has 2 N–H and O–H groups in total. The highest BCUT2D eigenvalue weighted by molar-refractivity contribution is 5.85. The van der Waals surface area contributed by atoms with Crippen LogP contribution in [-0.2, 0) is 4.79 Å². The molecule has 0 aromatic heterocycles. The summed E-state index contributed by atoms with van der Waals surface area (Å²) in [5.74, 6) is 1.11. The van der Waals surface area contributed by atoms with Crippen molar-refractivity contribution >= 4 is 18.3 Å². The van der Waals surface area contributed by atoms with E-state index in [1.807, 2.05) is 23.1 Å². The number of hydrogen-bond donors (Lipinski definition) is 1. The second kappa shape index (κ2) is 7.65. The second-order valence-electron chi connectivity index (χ2n) is 5.91. The number of nitrogens with zero attached hydrogens (tertiary/aromatic N) is 1. The number of rotatable bonds is 4. The van der Waals surface area contributed by atoms with Crippen LogP contribution in [0.5, 0.6) is 0 Å². The zero-order chi connectivity index (χ0) is 13.8. The van der Waals surface area contributed by atoms with Crippen molar-refractivity contribution in [2.75, 3.05) is 13.1 Å². The number of carbonyl (C=O) groups excluding carboxylic acids is 1.